The van der Waals surface area contributed by atoms with Gasteiger partial charge in [0.1, 0.15) is 11.0 Å². The van der Waals surface area contributed by atoms with Crippen molar-refractivity contribution in [1.82, 2.24) is 9.97 Å². The summed E-state index contributed by atoms with van der Waals surface area (Å²) in [6.45, 7) is 1.13. The summed E-state index contributed by atoms with van der Waals surface area (Å²) in [7, 11) is 3.28. The van der Waals surface area contributed by atoms with Crippen LogP contribution in [-0.4, -0.2) is 49.7 Å². The van der Waals surface area contributed by atoms with Gasteiger partial charge < -0.3 is 14.8 Å². The maximum Gasteiger partial charge on any atom is 0.190 e. The van der Waals surface area contributed by atoms with Crippen molar-refractivity contribution < 1.29 is 9.47 Å². The van der Waals surface area contributed by atoms with E-state index in [1.54, 1.807) is 20.3 Å². The molecule has 0 radical (unpaired) electrons. The fourth-order valence-electron chi connectivity index (χ4n) is 1.19. The van der Waals surface area contributed by atoms with Crippen LogP contribution in [0.5, 0.6) is 0 Å². The lowest BCUT2D eigenvalue weighted by molar-refractivity contribution is 0.0365. The van der Waals surface area contributed by atoms with Crippen molar-refractivity contribution in [2.24, 2.45) is 0 Å². The molecular formula is C10H16ClN3O2S. The number of hydrogen-bond acceptors (Lipinski definition) is 6. The Bertz CT molecular complexity index is 354. The van der Waals surface area contributed by atoms with Crippen molar-refractivity contribution in [3.63, 3.8) is 0 Å². The smallest absolute Gasteiger partial charge is 0.190 e. The molecular weight excluding hydrogens is 262 g/mol. The van der Waals surface area contributed by atoms with Crippen molar-refractivity contribution in [1.29, 1.82) is 0 Å². The number of rotatable bonds is 7. The van der Waals surface area contributed by atoms with Crippen LogP contribution in [0, 0.1) is 0 Å². The third-order valence-electron chi connectivity index (χ3n) is 2.05. The molecule has 7 heteroatoms. The van der Waals surface area contributed by atoms with Crippen molar-refractivity contribution in [2.45, 2.75) is 11.3 Å². The highest BCUT2D eigenvalue weighted by Gasteiger charge is 2.08. The Morgan fingerprint density at radius 2 is 2.24 bits per heavy atom. The molecule has 0 saturated heterocycles. The van der Waals surface area contributed by atoms with Crippen LogP contribution >= 0.6 is 23.4 Å². The van der Waals surface area contributed by atoms with E-state index in [9.17, 15) is 0 Å². The van der Waals surface area contributed by atoms with E-state index in [0.717, 1.165) is 0 Å². The summed E-state index contributed by atoms with van der Waals surface area (Å²) in [5.74, 6) is 0.688. The predicted molar refractivity (Wildman–Crippen MR) is 70.0 cm³/mol. The number of aromatic nitrogens is 2. The molecule has 1 unspecified atom stereocenters. The Hall–Kier alpha value is -0.560. The fraction of sp³-hybridized carbons (Fsp3) is 0.600. The molecule has 96 valence electrons. The second-order valence-electron chi connectivity index (χ2n) is 3.26. The van der Waals surface area contributed by atoms with E-state index in [4.69, 9.17) is 21.1 Å². The van der Waals surface area contributed by atoms with Crippen molar-refractivity contribution in [2.75, 3.05) is 38.9 Å². The Labute approximate surface area is 110 Å². The van der Waals surface area contributed by atoms with Gasteiger partial charge in [0.2, 0.25) is 0 Å². The largest absolute Gasteiger partial charge is 0.382 e. The third kappa shape index (κ3) is 5.08. The lowest BCUT2D eigenvalue weighted by Gasteiger charge is -2.15. The Balaban J connectivity index is 2.58. The number of ether oxygens (including phenoxy) is 2. The minimum Gasteiger partial charge on any atom is -0.382 e. The zero-order valence-electron chi connectivity index (χ0n) is 10.1. The topological polar surface area (TPSA) is 56.3 Å². The van der Waals surface area contributed by atoms with Crippen molar-refractivity contribution >= 4 is 29.2 Å². The summed E-state index contributed by atoms with van der Waals surface area (Å²) < 4.78 is 10.3. The van der Waals surface area contributed by atoms with Gasteiger partial charge in [-0.1, -0.05) is 23.4 Å². The van der Waals surface area contributed by atoms with Crippen molar-refractivity contribution in [3.05, 3.63) is 11.2 Å². The van der Waals surface area contributed by atoms with Gasteiger partial charge in [0, 0.05) is 26.8 Å². The zero-order chi connectivity index (χ0) is 12.7. The van der Waals surface area contributed by atoms with Crippen LogP contribution in [-0.2, 0) is 9.47 Å². The van der Waals surface area contributed by atoms with Gasteiger partial charge in [0.15, 0.2) is 5.16 Å². The quantitative estimate of drug-likeness (QED) is 0.467. The van der Waals surface area contributed by atoms with E-state index in [0.29, 0.717) is 29.3 Å². The number of methoxy groups -OCH3 is 2. The predicted octanol–water partition coefficient (Wildman–Crippen LogP) is 1.93. The molecule has 1 aromatic heterocycles. The van der Waals surface area contributed by atoms with Gasteiger partial charge in [0.25, 0.3) is 0 Å². The van der Waals surface area contributed by atoms with Gasteiger partial charge in [-0.3, -0.25) is 0 Å². The van der Waals surface area contributed by atoms with Gasteiger partial charge >= 0.3 is 0 Å². The van der Waals surface area contributed by atoms with Crippen LogP contribution in [0.2, 0.25) is 5.15 Å². The molecule has 0 aliphatic rings. The maximum atomic E-state index is 5.88. The number of nitrogens with zero attached hydrogens (tertiary/aromatic N) is 2. The normalized spacial score (nSPS) is 12.5. The second-order valence-corrected chi connectivity index (χ2v) is 4.42. The van der Waals surface area contributed by atoms with Gasteiger partial charge in [0.05, 0.1) is 12.7 Å². The average Bonchev–Trinajstić information content (AvgIpc) is 2.33. The molecule has 0 aliphatic heterocycles. The van der Waals surface area contributed by atoms with Gasteiger partial charge in [-0.05, 0) is 6.26 Å². The zero-order valence-corrected chi connectivity index (χ0v) is 11.6. The Morgan fingerprint density at radius 1 is 1.47 bits per heavy atom. The highest BCUT2D eigenvalue weighted by Crippen LogP contribution is 2.17. The highest BCUT2D eigenvalue weighted by molar-refractivity contribution is 7.98. The molecule has 1 atom stereocenters. The highest BCUT2D eigenvalue weighted by atomic mass is 35.5. The Morgan fingerprint density at radius 3 is 2.82 bits per heavy atom. The molecule has 0 aromatic carbocycles. The summed E-state index contributed by atoms with van der Waals surface area (Å²) in [4.78, 5) is 8.34. The number of hydrogen-bond donors (Lipinski definition) is 1. The second kappa shape index (κ2) is 7.71. The van der Waals surface area contributed by atoms with Gasteiger partial charge in [-0.25, -0.2) is 9.97 Å². The molecule has 1 rings (SSSR count). The van der Waals surface area contributed by atoms with E-state index in [2.05, 4.69) is 15.3 Å². The van der Waals surface area contributed by atoms with Crippen LogP contribution < -0.4 is 5.32 Å². The molecule has 17 heavy (non-hydrogen) atoms. The Kier molecular flexibility index (Phi) is 6.57. The molecule has 1 heterocycles. The number of thioether (sulfide) groups is 1. The average molecular weight is 278 g/mol. The van der Waals surface area contributed by atoms with Crippen LogP contribution in [0.4, 0.5) is 5.82 Å². The summed E-state index contributed by atoms with van der Waals surface area (Å²) in [6.07, 6.45) is 1.88. The van der Waals surface area contributed by atoms with E-state index in [-0.39, 0.29) is 6.10 Å². The summed E-state index contributed by atoms with van der Waals surface area (Å²) in [5, 5.41) is 4.21. The van der Waals surface area contributed by atoms with Crippen LogP contribution in [0.15, 0.2) is 11.2 Å². The van der Waals surface area contributed by atoms with E-state index in [1.807, 2.05) is 6.26 Å². The molecule has 0 bridgehead atoms. The third-order valence-corrected chi connectivity index (χ3v) is 2.80. The first kappa shape index (κ1) is 14.5. The lowest BCUT2D eigenvalue weighted by Crippen LogP contribution is -2.26. The first-order valence-electron chi connectivity index (χ1n) is 5.03. The minimum absolute atomic E-state index is 0.0218. The van der Waals surface area contributed by atoms with Crippen LogP contribution in [0.3, 0.4) is 0 Å². The molecule has 5 nitrogen and oxygen atoms in total. The molecule has 0 aliphatic carbocycles. The lowest BCUT2D eigenvalue weighted by atomic mass is 10.3. The summed E-state index contributed by atoms with van der Waals surface area (Å²) >= 11 is 7.32. The first-order valence-corrected chi connectivity index (χ1v) is 6.64. The van der Waals surface area contributed by atoms with E-state index < -0.39 is 0 Å². The fourth-order valence-corrected chi connectivity index (χ4v) is 1.81. The summed E-state index contributed by atoms with van der Waals surface area (Å²) in [6, 6.07) is 1.68. The molecule has 0 fully saturated rings. The van der Waals surface area contributed by atoms with E-state index >= 15 is 0 Å². The number of nitrogens with one attached hydrogen (secondary N) is 1. The van der Waals surface area contributed by atoms with E-state index in [1.165, 1.54) is 11.8 Å². The number of halogens is 1. The summed E-state index contributed by atoms with van der Waals surface area (Å²) in [5.41, 5.74) is 0. The molecule has 0 spiro atoms. The molecule has 0 saturated carbocycles. The standard InChI is InChI=1S/C10H16ClN3O2S/c1-15-6-7(16-2)5-12-9-4-8(11)13-10(14-9)17-3/h4,7H,5-6H2,1-3H3,(H,12,13,14). The van der Waals surface area contributed by atoms with Gasteiger partial charge in [-0.2, -0.15) is 0 Å². The monoisotopic (exact) mass is 277 g/mol. The maximum absolute atomic E-state index is 5.88. The van der Waals surface area contributed by atoms with Gasteiger partial charge in [-0.15, -0.1) is 0 Å². The molecule has 1 N–H and O–H groups in total. The van der Waals surface area contributed by atoms with Crippen LogP contribution in [0.25, 0.3) is 0 Å². The first-order chi connectivity index (χ1) is 8.19. The van der Waals surface area contributed by atoms with Crippen molar-refractivity contribution in [3.8, 4) is 0 Å². The van der Waals surface area contributed by atoms with Crippen LogP contribution in [0.1, 0.15) is 0 Å². The molecule has 1 aromatic rings. The number of anilines is 1. The molecule has 0 amide bonds. The SMILES string of the molecule is COCC(CNc1cc(Cl)nc(SC)n1)OC. The minimum atomic E-state index is -0.0218.